The Kier molecular flexibility index (Phi) is 3.44. The molecule has 1 aliphatic heterocycles. The van der Waals surface area contributed by atoms with Gasteiger partial charge in [0.1, 0.15) is 0 Å². The second-order valence-electron chi connectivity index (χ2n) is 5.93. The van der Waals surface area contributed by atoms with Gasteiger partial charge in [-0.25, -0.2) is 0 Å². The number of hydrogen-bond donors (Lipinski definition) is 1. The lowest BCUT2D eigenvalue weighted by molar-refractivity contribution is -0.120. The van der Waals surface area contributed by atoms with E-state index in [0.29, 0.717) is 5.92 Å². The topological polar surface area (TPSA) is 48.4 Å². The molecule has 1 aromatic rings. The summed E-state index contributed by atoms with van der Waals surface area (Å²) in [7, 11) is 0. The van der Waals surface area contributed by atoms with E-state index in [1.807, 2.05) is 6.07 Å². The number of nitrogens with two attached hydrogens (primary N) is 1. The first-order valence-corrected chi connectivity index (χ1v) is 7.21. The van der Waals surface area contributed by atoms with E-state index in [0.717, 1.165) is 25.0 Å². The molecule has 0 bridgehead atoms. The highest BCUT2D eigenvalue weighted by Gasteiger charge is 2.40. The van der Waals surface area contributed by atoms with Crippen LogP contribution in [0.1, 0.15) is 56.6 Å². The number of rotatable bonds is 2. The van der Waals surface area contributed by atoms with Crippen molar-refractivity contribution in [3.63, 3.8) is 0 Å². The Morgan fingerprint density at radius 2 is 2.11 bits per heavy atom. The van der Waals surface area contributed by atoms with Crippen LogP contribution >= 0.6 is 0 Å². The van der Waals surface area contributed by atoms with Crippen molar-refractivity contribution in [3.05, 3.63) is 24.2 Å². The molecule has 18 heavy (non-hydrogen) atoms. The molecule has 0 radical (unpaired) electrons. The molecule has 3 heteroatoms. The summed E-state index contributed by atoms with van der Waals surface area (Å²) in [6, 6.07) is 2.10. The summed E-state index contributed by atoms with van der Waals surface area (Å²) < 4.78 is 11.3. The van der Waals surface area contributed by atoms with Crippen molar-refractivity contribution in [2.24, 2.45) is 11.7 Å². The maximum Gasteiger partial charge on any atom is 0.0950 e. The van der Waals surface area contributed by atoms with Crippen LogP contribution in [-0.2, 0) is 4.74 Å². The standard InChI is InChI=1S/C15H23NO2/c16-14(13-4-8-17-11-13)12-5-9-18-15(10-12)6-2-1-3-7-15/h4,8,11-12,14H,1-3,5-7,9-10,16H2. The molecule has 1 aliphatic carbocycles. The van der Waals surface area contributed by atoms with Gasteiger partial charge in [0, 0.05) is 18.2 Å². The Labute approximate surface area is 109 Å². The molecule has 0 amide bonds. The highest BCUT2D eigenvalue weighted by Crippen LogP contribution is 2.43. The highest BCUT2D eigenvalue weighted by atomic mass is 16.5. The Balaban J connectivity index is 1.70. The van der Waals surface area contributed by atoms with E-state index >= 15 is 0 Å². The monoisotopic (exact) mass is 249 g/mol. The first-order chi connectivity index (χ1) is 8.79. The van der Waals surface area contributed by atoms with Crippen molar-refractivity contribution in [2.75, 3.05) is 6.61 Å². The average Bonchev–Trinajstić information content (AvgIpc) is 2.93. The first-order valence-electron chi connectivity index (χ1n) is 7.21. The van der Waals surface area contributed by atoms with Crippen LogP contribution in [0.15, 0.2) is 23.0 Å². The van der Waals surface area contributed by atoms with E-state index in [1.54, 1.807) is 12.5 Å². The van der Waals surface area contributed by atoms with Crippen LogP contribution < -0.4 is 5.73 Å². The van der Waals surface area contributed by atoms with Crippen molar-refractivity contribution in [2.45, 2.75) is 56.6 Å². The van der Waals surface area contributed by atoms with Gasteiger partial charge >= 0.3 is 0 Å². The summed E-state index contributed by atoms with van der Waals surface area (Å²) in [4.78, 5) is 0. The molecule has 1 saturated heterocycles. The molecule has 1 spiro atoms. The van der Waals surface area contributed by atoms with E-state index in [9.17, 15) is 0 Å². The van der Waals surface area contributed by atoms with Gasteiger partial charge in [-0.05, 0) is 37.7 Å². The Morgan fingerprint density at radius 1 is 1.28 bits per heavy atom. The average molecular weight is 249 g/mol. The third-order valence-electron chi connectivity index (χ3n) is 4.73. The molecule has 2 heterocycles. The molecule has 2 N–H and O–H groups in total. The summed E-state index contributed by atoms with van der Waals surface area (Å²) >= 11 is 0. The van der Waals surface area contributed by atoms with Crippen LogP contribution in [0.5, 0.6) is 0 Å². The molecule has 0 aromatic carbocycles. The van der Waals surface area contributed by atoms with Crippen LogP contribution in [0.2, 0.25) is 0 Å². The largest absolute Gasteiger partial charge is 0.472 e. The van der Waals surface area contributed by atoms with Crippen molar-refractivity contribution < 1.29 is 9.15 Å². The number of hydrogen-bond acceptors (Lipinski definition) is 3. The van der Waals surface area contributed by atoms with Gasteiger partial charge in [0.05, 0.1) is 18.1 Å². The van der Waals surface area contributed by atoms with Crippen LogP contribution in [0.4, 0.5) is 0 Å². The fraction of sp³-hybridized carbons (Fsp3) is 0.733. The molecule has 2 unspecified atom stereocenters. The van der Waals surface area contributed by atoms with E-state index in [2.05, 4.69) is 0 Å². The lowest BCUT2D eigenvalue weighted by Crippen LogP contribution is -2.43. The second kappa shape index (κ2) is 5.06. The van der Waals surface area contributed by atoms with E-state index in [4.69, 9.17) is 14.9 Å². The summed E-state index contributed by atoms with van der Waals surface area (Å²) in [6.45, 7) is 0.871. The van der Waals surface area contributed by atoms with Gasteiger partial charge in [0.15, 0.2) is 0 Å². The molecular formula is C15H23NO2. The molecule has 1 aromatic heterocycles. The summed E-state index contributed by atoms with van der Waals surface area (Å²) in [5, 5.41) is 0. The normalized spacial score (nSPS) is 29.3. The van der Waals surface area contributed by atoms with Gasteiger partial charge in [0.25, 0.3) is 0 Å². The summed E-state index contributed by atoms with van der Waals surface area (Å²) in [5.74, 6) is 0.537. The molecule has 100 valence electrons. The van der Waals surface area contributed by atoms with Gasteiger partial charge in [-0.2, -0.15) is 0 Å². The Bertz CT molecular complexity index is 362. The SMILES string of the molecule is NC(c1ccoc1)C1CCOC2(CCCCC2)C1. The molecule has 2 atom stereocenters. The molecule has 2 fully saturated rings. The molecule has 3 rings (SSSR count). The zero-order valence-corrected chi connectivity index (χ0v) is 10.9. The second-order valence-corrected chi connectivity index (χ2v) is 5.93. The van der Waals surface area contributed by atoms with Gasteiger partial charge < -0.3 is 14.9 Å². The minimum atomic E-state index is 0.103. The third-order valence-corrected chi connectivity index (χ3v) is 4.73. The quantitative estimate of drug-likeness (QED) is 0.873. The van der Waals surface area contributed by atoms with Crippen LogP contribution in [0, 0.1) is 5.92 Å². The van der Waals surface area contributed by atoms with Crippen LogP contribution in [0.3, 0.4) is 0 Å². The number of furan rings is 1. The zero-order valence-electron chi connectivity index (χ0n) is 10.9. The van der Waals surface area contributed by atoms with Crippen molar-refractivity contribution >= 4 is 0 Å². The first kappa shape index (κ1) is 12.2. The maximum atomic E-state index is 6.39. The Morgan fingerprint density at radius 3 is 2.83 bits per heavy atom. The van der Waals surface area contributed by atoms with Crippen LogP contribution in [0.25, 0.3) is 0 Å². The molecule has 3 nitrogen and oxygen atoms in total. The minimum absolute atomic E-state index is 0.103. The lowest BCUT2D eigenvalue weighted by Gasteiger charge is -2.44. The smallest absolute Gasteiger partial charge is 0.0950 e. The fourth-order valence-corrected chi connectivity index (χ4v) is 3.65. The predicted octanol–water partition coefficient (Wildman–Crippen LogP) is 3.41. The minimum Gasteiger partial charge on any atom is -0.472 e. The lowest BCUT2D eigenvalue weighted by atomic mass is 9.73. The van der Waals surface area contributed by atoms with Crippen LogP contribution in [-0.4, -0.2) is 12.2 Å². The maximum absolute atomic E-state index is 6.39. The molecular weight excluding hydrogens is 226 g/mol. The summed E-state index contributed by atoms with van der Waals surface area (Å²) in [5.41, 5.74) is 7.66. The predicted molar refractivity (Wildman–Crippen MR) is 70.1 cm³/mol. The molecule has 1 saturated carbocycles. The van der Waals surface area contributed by atoms with Gasteiger partial charge in [-0.1, -0.05) is 19.3 Å². The number of ether oxygens (including phenoxy) is 1. The highest BCUT2D eigenvalue weighted by molar-refractivity contribution is 5.13. The van der Waals surface area contributed by atoms with Gasteiger partial charge in [0.2, 0.25) is 0 Å². The van der Waals surface area contributed by atoms with E-state index in [-0.39, 0.29) is 11.6 Å². The fourth-order valence-electron chi connectivity index (χ4n) is 3.65. The zero-order chi connectivity index (χ0) is 12.4. The van der Waals surface area contributed by atoms with Crippen molar-refractivity contribution in [1.82, 2.24) is 0 Å². The van der Waals surface area contributed by atoms with Crippen molar-refractivity contribution in [3.8, 4) is 0 Å². The third kappa shape index (κ3) is 2.34. The van der Waals surface area contributed by atoms with Gasteiger partial charge in [-0.3, -0.25) is 0 Å². The van der Waals surface area contributed by atoms with Crippen molar-refractivity contribution in [1.29, 1.82) is 0 Å². The summed E-state index contributed by atoms with van der Waals surface area (Å²) in [6.07, 6.45) is 12.1. The van der Waals surface area contributed by atoms with Gasteiger partial charge in [-0.15, -0.1) is 0 Å². The van der Waals surface area contributed by atoms with E-state index < -0.39 is 0 Å². The molecule has 2 aliphatic rings. The van der Waals surface area contributed by atoms with E-state index in [1.165, 1.54) is 32.1 Å². The Hall–Kier alpha value is -0.800.